The van der Waals surface area contributed by atoms with Crippen LogP contribution >= 0.6 is 0 Å². The molecule has 1 N–H and O–H groups in total. The maximum absolute atomic E-state index is 11.8. The zero-order valence-electron chi connectivity index (χ0n) is 8.69. The molecule has 1 aliphatic heterocycles. The van der Waals surface area contributed by atoms with Gasteiger partial charge in [0.25, 0.3) is 0 Å². The molecule has 0 saturated carbocycles. The second kappa shape index (κ2) is 3.66. The number of carbonyl (C=O) groups is 1. The van der Waals surface area contributed by atoms with Crippen molar-refractivity contribution in [1.29, 1.82) is 0 Å². The van der Waals surface area contributed by atoms with Gasteiger partial charge in [0.2, 0.25) is 0 Å². The quantitative estimate of drug-likeness (QED) is 0.764. The molecule has 1 aromatic rings. The fraction of sp³-hybridized carbons (Fsp3) is 0.417. The Morgan fingerprint density at radius 1 is 1.33 bits per heavy atom. The van der Waals surface area contributed by atoms with E-state index >= 15 is 0 Å². The Balaban J connectivity index is 2.35. The molecule has 1 aliphatic rings. The Morgan fingerprint density at radius 2 is 2.00 bits per heavy atom. The normalized spacial score (nSPS) is 26.6. The van der Waals surface area contributed by atoms with Gasteiger partial charge in [0.05, 0.1) is 0 Å². The maximum atomic E-state index is 11.8. The van der Waals surface area contributed by atoms with Crippen molar-refractivity contribution in [1.82, 2.24) is 0 Å². The van der Waals surface area contributed by atoms with Gasteiger partial charge >= 0.3 is 0 Å². The maximum Gasteiger partial charge on any atom is 0.168 e. The fourth-order valence-corrected chi connectivity index (χ4v) is 1.85. The van der Waals surface area contributed by atoms with Crippen LogP contribution in [0.1, 0.15) is 25.3 Å². The predicted octanol–water partition coefficient (Wildman–Crippen LogP) is 1.99. The third-order valence-corrected chi connectivity index (χ3v) is 2.89. The smallest absolute Gasteiger partial charge is 0.168 e. The van der Waals surface area contributed by atoms with E-state index < -0.39 is 5.60 Å². The third-order valence-electron chi connectivity index (χ3n) is 2.89. The highest BCUT2D eigenvalue weighted by Crippen LogP contribution is 2.32. The van der Waals surface area contributed by atoms with Gasteiger partial charge in [0.1, 0.15) is 11.4 Å². The lowest BCUT2D eigenvalue weighted by molar-refractivity contribution is -0.151. The molecule has 3 heteroatoms. The molecule has 1 unspecified atom stereocenters. The number of rotatable bonds is 1. The molecule has 0 aromatic heterocycles. The lowest BCUT2D eigenvalue weighted by atomic mass is 9.87. The molecule has 0 radical (unpaired) electrons. The van der Waals surface area contributed by atoms with Crippen molar-refractivity contribution in [3.05, 3.63) is 29.8 Å². The zero-order valence-corrected chi connectivity index (χ0v) is 8.69. The molecule has 0 aliphatic carbocycles. The molecule has 15 heavy (non-hydrogen) atoms. The number of ether oxygens (including phenoxy) is 1. The minimum absolute atomic E-state index is 0.111. The summed E-state index contributed by atoms with van der Waals surface area (Å²) in [6.45, 7) is 2.41. The number of ketones is 1. The van der Waals surface area contributed by atoms with Gasteiger partial charge < -0.3 is 9.84 Å². The first kappa shape index (κ1) is 10.2. The number of carbonyl (C=O) groups excluding carboxylic acids is 1. The van der Waals surface area contributed by atoms with E-state index in [1.54, 1.807) is 31.2 Å². The van der Waals surface area contributed by atoms with Crippen LogP contribution in [0.25, 0.3) is 0 Å². The van der Waals surface area contributed by atoms with Gasteiger partial charge in [-0.3, -0.25) is 4.79 Å². The van der Waals surface area contributed by atoms with Crippen LogP contribution in [0.15, 0.2) is 24.3 Å². The Kier molecular flexibility index (Phi) is 2.49. The van der Waals surface area contributed by atoms with Gasteiger partial charge in [-0.15, -0.1) is 0 Å². The summed E-state index contributed by atoms with van der Waals surface area (Å²) >= 11 is 0. The number of aromatic hydroxyl groups is 1. The highest BCUT2D eigenvalue weighted by Gasteiger charge is 2.37. The molecule has 0 spiro atoms. The molecular formula is C12H14O3. The average Bonchev–Trinajstić information content (AvgIpc) is 2.23. The second-order valence-electron chi connectivity index (χ2n) is 3.96. The Labute approximate surface area is 88.7 Å². The number of hydrogen-bond donors (Lipinski definition) is 1. The molecule has 80 valence electrons. The molecular weight excluding hydrogens is 192 g/mol. The van der Waals surface area contributed by atoms with E-state index in [0.29, 0.717) is 13.0 Å². The number of phenolic OH excluding ortho intramolecular Hbond substituents is 1. The van der Waals surface area contributed by atoms with E-state index in [4.69, 9.17) is 4.74 Å². The van der Waals surface area contributed by atoms with Crippen molar-refractivity contribution in [3.8, 4) is 5.75 Å². The van der Waals surface area contributed by atoms with Crippen LogP contribution < -0.4 is 0 Å². The average molecular weight is 206 g/mol. The van der Waals surface area contributed by atoms with Crippen molar-refractivity contribution in [2.24, 2.45) is 0 Å². The molecule has 1 fully saturated rings. The van der Waals surface area contributed by atoms with Crippen LogP contribution in [0, 0.1) is 0 Å². The molecule has 2 rings (SSSR count). The summed E-state index contributed by atoms with van der Waals surface area (Å²) < 4.78 is 5.57. The summed E-state index contributed by atoms with van der Waals surface area (Å²) in [4.78, 5) is 11.8. The molecule has 0 amide bonds. The number of hydrogen-bond acceptors (Lipinski definition) is 3. The van der Waals surface area contributed by atoms with Crippen molar-refractivity contribution >= 4 is 5.78 Å². The van der Waals surface area contributed by atoms with E-state index in [1.807, 2.05) is 0 Å². The van der Waals surface area contributed by atoms with E-state index in [9.17, 15) is 9.90 Å². The van der Waals surface area contributed by atoms with Crippen molar-refractivity contribution in [3.63, 3.8) is 0 Å². The molecule has 3 nitrogen and oxygen atoms in total. The zero-order chi connectivity index (χ0) is 10.9. The van der Waals surface area contributed by atoms with Gasteiger partial charge in [0, 0.05) is 13.0 Å². The highest BCUT2D eigenvalue weighted by atomic mass is 16.5. The van der Waals surface area contributed by atoms with Crippen LogP contribution in [0.4, 0.5) is 0 Å². The monoisotopic (exact) mass is 206 g/mol. The van der Waals surface area contributed by atoms with Crippen LogP contribution in [0.2, 0.25) is 0 Å². The summed E-state index contributed by atoms with van der Waals surface area (Å²) in [5, 5.41) is 9.18. The summed E-state index contributed by atoms with van der Waals surface area (Å²) in [6, 6.07) is 6.62. The van der Waals surface area contributed by atoms with Crippen LogP contribution in [0.3, 0.4) is 0 Å². The van der Waals surface area contributed by atoms with Gasteiger partial charge in [-0.05, 0) is 31.0 Å². The van der Waals surface area contributed by atoms with E-state index in [0.717, 1.165) is 12.0 Å². The second-order valence-corrected chi connectivity index (χ2v) is 3.96. The first-order valence-electron chi connectivity index (χ1n) is 5.10. The van der Waals surface area contributed by atoms with Gasteiger partial charge in [-0.2, -0.15) is 0 Å². The minimum Gasteiger partial charge on any atom is -0.508 e. The summed E-state index contributed by atoms with van der Waals surface area (Å²) in [7, 11) is 0. The van der Waals surface area contributed by atoms with E-state index in [2.05, 4.69) is 0 Å². The molecule has 1 aromatic carbocycles. The van der Waals surface area contributed by atoms with Crippen molar-refractivity contribution in [2.45, 2.75) is 25.4 Å². The first-order chi connectivity index (χ1) is 7.13. The SMILES string of the molecule is CC1(c2ccc(O)cc2)OCCCC1=O. The first-order valence-corrected chi connectivity index (χ1v) is 5.10. The molecule has 0 bridgehead atoms. The largest absolute Gasteiger partial charge is 0.508 e. The summed E-state index contributed by atoms with van der Waals surface area (Å²) in [6.07, 6.45) is 1.36. The van der Waals surface area contributed by atoms with Gasteiger partial charge in [-0.25, -0.2) is 0 Å². The highest BCUT2D eigenvalue weighted by molar-refractivity contribution is 5.88. The van der Waals surface area contributed by atoms with Crippen molar-refractivity contribution < 1.29 is 14.6 Å². The summed E-state index contributed by atoms with van der Waals surface area (Å²) in [5.41, 5.74) is -0.0172. The van der Waals surface area contributed by atoms with Crippen LogP contribution in [-0.2, 0) is 15.1 Å². The molecule has 1 heterocycles. The number of benzene rings is 1. The fourth-order valence-electron chi connectivity index (χ4n) is 1.85. The molecule has 1 atom stereocenters. The van der Waals surface area contributed by atoms with Crippen LogP contribution in [-0.4, -0.2) is 17.5 Å². The predicted molar refractivity (Wildman–Crippen MR) is 55.7 cm³/mol. The van der Waals surface area contributed by atoms with E-state index in [-0.39, 0.29) is 11.5 Å². The molecule has 1 saturated heterocycles. The van der Waals surface area contributed by atoms with Gasteiger partial charge in [0.15, 0.2) is 5.78 Å². The minimum atomic E-state index is -0.827. The van der Waals surface area contributed by atoms with Crippen LogP contribution in [0.5, 0.6) is 5.75 Å². The third kappa shape index (κ3) is 1.75. The Morgan fingerprint density at radius 3 is 2.60 bits per heavy atom. The Hall–Kier alpha value is -1.35. The lowest BCUT2D eigenvalue weighted by Crippen LogP contribution is -2.39. The summed E-state index contributed by atoms with van der Waals surface area (Å²) in [5.74, 6) is 0.310. The lowest BCUT2D eigenvalue weighted by Gasteiger charge is -2.32. The van der Waals surface area contributed by atoms with Gasteiger partial charge in [-0.1, -0.05) is 12.1 Å². The Bertz CT molecular complexity index is 369. The standard InChI is InChI=1S/C12H14O3/c1-12(11(14)3-2-8-15-12)9-4-6-10(13)7-5-9/h4-7,13H,2-3,8H2,1H3. The number of Topliss-reactive ketones (excluding diaryl/α,β-unsaturated/α-hetero) is 1. The topological polar surface area (TPSA) is 46.5 Å². The number of phenols is 1. The van der Waals surface area contributed by atoms with Crippen molar-refractivity contribution in [2.75, 3.05) is 6.61 Å². The van der Waals surface area contributed by atoms with E-state index in [1.165, 1.54) is 0 Å².